The monoisotopic (exact) mass is 388 g/mol. The number of ketones is 1. The number of anilines is 1. The van der Waals surface area contributed by atoms with Gasteiger partial charge in [0, 0.05) is 27.7 Å². The molecular formula is C17H17BrN4O2. The van der Waals surface area contributed by atoms with E-state index in [-0.39, 0.29) is 11.8 Å². The number of hydrogen-bond acceptors (Lipinski definition) is 5. The number of allylic oxidation sites excluding steroid dienone is 2. The van der Waals surface area contributed by atoms with Crippen molar-refractivity contribution in [2.24, 2.45) is 0 Å². The van der Waals surface area contributed by atoms with Gasteiger partial charge in [0.1, 0.15) is 18.1 Å². The first-order chi connectivity index (χ1) is 11.7. The van der Waals surface area contributed by atoms with Crippen LogP contribution >= 0.6 is 15.9 Å². The zero-order valence-corrected chi connectivity index (χ0v) is 14.8. The molecule has 7 heteroatoms. The number of benzene rings is 1. The highest BCUT2D eigenvalue weighted by atomic mass is 79.9. The highest BCUT2D eigenvalue weighted by Crippen LogP contribution is 2.43. The van der Waals surface area contributed by atoms with Crippen LogP contribution in [0.1, 0.15) is 37.8 Å². The van der Waals surface area contributed by atoms with Crippen molar-refractivity contribution >= 4 is 27.7 Å². The van der Waals surface area contributed by atoms with Gasteiger partial charge in [-0.25, -0.2) is 4.68 Å². The van der Waals surface area contributed by atoms with Crippen LogP contribution in [0.3, 0.4) is 0 Å². The second-order valence-corrected chi connectivity index (χ2v) is 6.76. The minimum absolute atomic E-state index is 0.164. The molecular weight excluding hydrogens is 372 g/mol. The van der Waals surface area contributed by atoms with E-state index in [1.165, 1.54) is 6.33 Å². The minimum atomic E-state index is -0.314. The summed E-state index contributed by atoms with van der Waals surface area (Å²) in [5, 5.41) is 7.63. The van der Waals surface area contributed by atoms with Crippen molar-refractivity contribution in [2.75, 3.05) is 11.9 Å². The molecule has 1 aliphatic heterocycles. The smallest absolute Gasteiger partial charge is 0.226 e. The van der Waals surface area contributed by atoms with Gasteiger partial charge in [-0.3, -0.25) is 4.79 Å². The molecule has 1 aromatic carbocycles. The van der Waals surface area contributed by atoms with Crippen LogP contribution in [0.2, 0.25) is 0 Å². The Balaban J connectivity index is 1.94. The van der Waals surface area contributed by atoms with E-state index < -0.39 is 0 Å². The number of carbonyl (C=O) groups is 1. The molecule has 0 saturated heterocycles. The third-order valence-electron chi connectivity index (χ3n) is 4.38. The number of hydrogen-bond donors (Lipinski definition) is 1. The lowest BCUT2D eigenvalue weighted by atomic mass is 9.85. The van der Waals surface area contributed by atoms with Crippen LogP contribution in [0.25, 0.3) is 0 Å². The van der Waals surface area contributed by atoms with E-state index in [0.717, 1.165) is 39.9 Å². The van der Waals surface area contributed by atoms with Crippen LogP contribution in [0.15, 0.2) is 40.3 Å². The van der Waals surface area contributed by atoms with Crippen molar-refractivity contribution in [3.8, 4) is 5.75 Å². The molecule has 4 rings (SSSR count). The second kappa shape index (κ2) is 6.05. The number of aromatic nitrogens is 3. The SMILES string of the molecule is CCOc1ccc(Br)cc1C1C2=C(CCCC2=O)Nc2ncnn21. The largest absolute Gasteiger partial charge is 0.494 e. The molecule has 1 aromatic heterocycles. The summed E-state index contributed by atoms with van der Waals surface area (Å²) in [6, 6.07) is 5.55. The van der Waals surface area contributed by atoms with Gasteiger partial charge in [-0.15, -0.1) is 0 Å². The van der Waals surface area contributed by atoms with E-state index in [1.807, 2.05) is 25.1 Å². The maximum absolute atomic E-state index is 12.7. The summed E-state index contributed by atoms with van der Waals surface area (Å²) < 4.78 is 8.52. The van der Waals surface area contributed by atoms with Crippen molar-refractivity contribution in [3.05, 3.63) is 45.8 Å². The Hall–Kier alpha value is -2.15. The number of ether oxygens (including phenoxy) is 1. The Bertz CT molecular complexity index is 843. The first-order valence-electron chi connectivity index (χ1n) is 8.04. The van der Waals surface area contributed by atoms with E-state index in [2.05, 4.69) is 31.3 Å². The molecule has 6 nitrogen and oxygen atoms in total. The van der Waals surface area contributed by atoms with Crippen LogP contribution in [0, 0.1) is 0 Å². The number of carbonyl (C=O) groups excluding carboxylic acids is 1. The Labute approximate surface area is 148 Å². The van der Waals surface area contributed by atoms with Crippen molar-refractivity contribution < 1.29 is 9.53 Å². The number of Topliss-reactive ketones (excluding diaryl/α,β-unsaturated/α-hetero) is 1. The first kappa shape index (κ1) is 15.4. The maximum atomic E-state index is 12.7. The molecule has 1 N–H and O–H groups in total. The molecule has 2 aliphatic rings. The Kier molecular flexibility index (Phi) is 3.88. The van der Waals surface area contributed by atoms with Gasteiger partial charge < -0.3 is 10.1 Å². The summed E-state index contributed by atoms with van der Waals surface area (Å²) in [7, 11) is 0. The summed E-state index contributed by atoms with van der Waals surface area (Å²) in [5.41, 5.74) is 2.65. The Morgan fingerprint density at radius 2 is 2.29 bits per heavy atom. The number of fused-ring (bicyclic) bond motifs is 1. The van der Waals surface area contributed by atoms with Crippen LogP contribution in [-0.4, -0.2) is 27.2 Å². The highest BCUT2D eigenvalue weighted by molar-refractivity contribution is 9.10. The Morgan fingerprint density at radius 1 is 1.42 bits per heavy atom. The zero-order chi connectivity index (χ0) is 16.7. The Morgan fingerprint density at radius 3 is 3.12 bits per heavy atom. The average Bonchev–Trinajstić information content (AvgIpc) is 3.03. The summed E-state index contributed by atoms with van der Waals surface area (Å²) in [4.78, 5) is 17.0. The normalized spacial score (nSPS) is 19.6. The van der Waals surface area contributed by atoms with Gasteiger partial charge in [0.25, 0.3) is 0 Å². The van der Waals surface area contributed by atoms with E-state index in [0.29, 0.717) is 19.0 Å². The highest BCUT2D eigenvalue weighted by Gasteiger charge is 2.37. The van der Waals surface area contributed by atoms with Crippen LogP contribution in [0.5, 0.6) is 5.75 Å². The fraction of sp³-hybridized carbons (Fsp3) is 0.353. The van der Waals surface area contributed by atoms with Gasteiger partial charge in [0.05, 0.1) is 6.61 Å². The molecule has 0 bridgehead atoms. The molecule has 0 amide bonds. The quantitative estimate of drug-likeness (QED) is 0.871. The molecule has 124 valence electrons. The standard InChI is InChI=1S/C17H17BrN4O2/c1-2-24-14-7-6-10(18)8-11(14)16-15-12(4-3-5-13(15)23)21-17-19-9-20-22(16)17/h6-9,16H,2-5H2,1H3,(H,19,20,21). The zero-order valence-electron chi connectivity index (χ0n) is 13.3. The molecule has 24 heavy (non-hydrogen) atoms. The van der Waals surface area contributed by atoms with Gasteiger partial charge in [0.15, 0.2) is 5.78 Å². The number of nitrogens with zero attached hydrogens (tertiary/aromatic N) is 3. The van der Waals surface area contributed by atoms with E-state index >= 15 is 0 Å². The van der Waals surface area contributed by atoms with Gasteiger partial charge >= 0.3 is 0 Å². The average molecular weight is 389 g/mol. The lowest BCUT2D eigenvalue weighted by Crippen LogP contribution is -2.31. The van der Waals surface area contributed by atoms with Crippen LogP contribution < -0.4 is 10.1 Å². The molecule has 2 heterocycles. The summed E-state index contributed by atoms with van der Waals surface area (Å²) in [6.07, 6.45) is 3.79. The van der Waals surface area contributed by atoms with Gasteiger partial charge in [-0.05, 0) is 38.0 Å². The van der Waals surface area contributed by atoms with E-state index in [1.54, 1.807) is 4.68 Å². The molecule has 0 radical (unpaired) electrons. The molecule has 1 unspecified atom stereocenters. The maximum Gasteiger partial charge on any atom is 0.226 e. The lowest BCUT2D eigenvalue weighted by molar-refractivity contribution is -0.116. The predicted octanol–water partition coefficient (Wildman–Crippen LogP) is 3.46. The predicted molar refractivity (Wildman–Crippen MR) is 93.0 cm³/mol. The number of halogens is 1. The topological polar surface area (TPSA) is 69.0 Å². The number of rotatable bonds is 3. The van der Waals surface area contributed by atoms with E-state index in [4.69, 9.17) is 4.74 Å². The molecule has 0 fully saturated rings. The second-order valence-electron chi connectivity index (χ2n) is 5.84. The van der Waals surface area contributed by atoms with Crippen molar-refractivity contribution in [1.29, 1.82) is 0 Å². The fourth-order valence-corrected chi connectivity index (χ4v) is 3.78. The lowest BCUT2D eigenvalue weighted by Gasteiger charge is -2.33. The van der Waals surface area contributed by atoms with Crippen molar-refractivity contribution in [3.63, 3.8) is 0 Å². The summed E-state index contributed by atoms with van der Waals surface area (Å²) in [5.74, 6) is 1.59. The van der Waals surface area contributed by atoms with Gasteiger partial charge in [-0.2, -0.15) is 10.1 Å². The van der Waals surface area contributed by atoms with Crippen LogP contribution in [-0.2, 0) is 4.79 Å². The molecule has 0 saturated carbocycles. The minimum Gasteiger partial charge on any atom is -0.494 e. The van der Waals surface area contributed by atoms with E-state index in [9.17, 15) is 4.79 Å². The fourth-order valence-electron chi connectivity index (χ4n) is 3.40. The van der Waals surface area contributed by atoms with Crippen LogP contribution in [0.4, 0.5) is 5.95 Å². The molecule has 1 atom stereocenters. The summed E-state index contributed by atoms with van der Waals surface area (Å²) in [6.45, 7) is 2.51. The van der Waals surface area contributed by atoms with Crippen molar-refractivity contribution in [2.45, 2.75) is 32.2 Å². The third kappa shape index (κ3) is 2.43. The molecule has 0 spiro atoms. The number of nitrogens with one attached hydrogen (secondary N) is 1. The molecule has 2 aromatic rings. The van der Waals surface area contributed by atoms with Crippen molar-refractivity contribution in [1.82, 2.24) is 14.8 Å². The third-order valence-corrected chi connectivity index (χ3v) is 4.87. The summed E-state index contributed by atoms with van der Waals surface area (Å²) >= 11 is 3.53. The molecule has 1 aliphatic carbocycles. The van der Waals surface area contributed by atoms with Gasteiger partial charge in [0.2, 0.25) is 5.95 Å². The van der Waals surface area contributed by atoms with Gasteiger partial charge in [-0.1, -0.05) is 15.9 Å². The first-order valence-corrected chi connectivity index (χ1v) is 8.83.